The first-order chi connectivity index (χ1) is 9.06. The molecule has 0 saturated carbocycles. The fraction of sp³-hybridized carbons (Fsp3) is 0.214. The van der Waals surface area contributed by atoms with Crippen molar-refractivity contribution in [2.75, 3.05) is 19.4 Å². The predicted octanol–water partition coefficient (Wildman–Crippen LogP) is 2.03. The first-order valence-corrected chi connectivity index (χ1v) is 5.98. The number of H-pyrrole nitrogens is 1. The van der Waals surface area contributed by atoms with Gasteiger partial charge in [0.15, 0.2) is 0 Å². The lowest BCUT2D eigenvalue weighted by Gasteiger charge is -2.08. The number of aromatic hydroxyl groups is 1. The summed E-state index contributed by atoms with van der Waals surface area (Å²) in [5.74, 6) is 0.170. The first kappa shape index (κ1) is 13.0. The molecule has 0 atom stereocenters. The van der Waals surface area contributed by atoms with Crippen LogP contribution in [-0.4, -0.2) is 35.0 Å². The second-order valence-corrected chi connectivity index (χ2v) is 4.50. The van der Waals surface area contributed by atoms with Crippen LogP contribution < -0.4 is 5.32 Å². The fourth-order valence-corrected chi connectivity index (χ4v) is 1.72. The number of hydrogen-bond acceptors (Lipinski definition) is 3. The van der Waals surface area contributed by atoms with E-state index < -0.39 is 0 Å². The molecule has 2 aromatic rings. The van der Waals surface area contributed by atoms with E-state index in [2.05, 4.69) is 10.3 Å². The topological polar surface area (TPSA) is 68.4 Å². The number of rotatable bonds is 4. The minimum absolute atomic E-state index is 0.0522. The van der Waals surface area contributed by atoms with E-state index in [1.165, 1.54) is 4.90 Å². The Morgan fingerprint density at radius 1 is 1.32 bits per heavy atom. The van der Waals surface area contributed by atoms with Gasteiger partial charge in [-0.15, -0.1) is 0 Å². The number of anilines is 1. The summed E-state index contributed by atoms with van der Waals surface area (Å²) in [7, 11) is 3.43. The summed E-state index contributed by atoms with van der Waals surface area (Å²) in [4.78, 5) is 16.3. The van der Waals surface area contributed by atoms with Crippen molar-refractivity contribution in [3.63, 3.8) is 0 Å². The Hall–Kier alpha value is -2.43. The van der Waals surface area contributed by atoms with Crippen LogP contribution >= 0.6 is 0 Å². The Morgan fingerprint density at radius 2 is 2.11 bits per heavy atom. The highest BCUT2D eigenvalue weighted by Crippen LogP contribution is 2.16. The number of nitrogens with one attached hydrogen (secondary N) is 2. The highest BCUT2D eigenvalue weighted by atomic mass is 16.3. The molecule has 5 nitrogen and oxygen atoms in total. The molecule has 1 aromatic heterocycles. The van der Waals surface area contributed by atoms with Crippen molar-refractivity contribution < 1.29 is 9.90 Å². The van der Waals surface area contributed by atoms with E-state index in [0.29, 0.717) is 12.2 Å². The standard InChI is InChI=1S/C14H17N3O2/c1-17(2)14(19)13-7-6-11(16-13)9-15-10-4-3-5-12(18)8-10/h3-8,15-16,18H,9H2,1-2H3. The van der Waals surface area contributed by atoms with Gasteiger partial charge in [0, 0.05) is 31.5 Å². The molecule has 0 bridgehead atoms. The lowest BCUT2D eigenvalue weighted by atomic mass is 10.3. The molecule has 0 saturated heterocycles. The maximum atomic E-state index is 11.7. The van der Waals surface area contributed by atoms with Crippen molar-refractivity contribution in [1.82, 2.24) is 9.88 Å². The zero-order valence-electron chi connectivity index (χ0n) is 11.0. The molecule has 0 fully saturated rings. The molecule has 0 radical (unpaired) electrons. The van der Waals surface area contributed by atoms with Gasteiger partial charge < -0.3 is 20.3 Å². The zero-order valence-corrected chi connectivity index (χ0v) is 11.0. The van der Waals surface area contributed by atoms with Crippen LogP contribution in [0, 0.1) is 0 Å². The molecule has 19 heavy (non-hydrogen) atoms. The molecule has 0 unspecified atom stereocenters. The van der Waals surface area contributed by atoms with E-state index in [0.717, 1.165) is 11.4 Å². The Morgan fingerprint density at radius 3 is 2.79 bits per heavy atom. The van der Waals surface area contributed by atoms with Gasteiger partial charge in [-0.05, 0) is 24.3 Å². The van der Waals surface area contributed by atoms with Gasteiger partial charge in [0.05, 0.1) is 6.54 Å². The van der Waals surface area contributed by atoms with Crippen molar-refractivity contribution in [2.24, 2.45) is 0 Å². The monoisotopic (exact) mass is 259 g/mol. The molecule has 1 heterocycles. The number of carbonyl (C=O) groups excluding carboxylic acids is 1. The van der Waals surface area contributed by atoms with Gasteiger partial charge in [-0.3, -0.25) is 4.79 Å². The van der Waals surface area contributed by atoms with Crippen LogP contribution in [-0.2, 0) is 6.54 Å². The van der Waals surface area contributed by atoms with Crippen molar-refractivity contribution in [2.45, 2.75) is 6.54 Å². The Balaban J connectivity index is 1.99. The molecule has 0 aliphatic carbocycles. The number of amides is 1. The first-order valence-electron chi connectivity index (χ1n) is 5.98. The van der Waals surface area contributed by atoms with Crippen LogP contribution in [0.5, 0.6) is 5.75 Å². The molecule has 5 heteroatoms. The summed E-state index contributed by atoms with van der Waals surface area (Å²) in [5, 5.41) is 12.5. The molecule has 2 rings (SSSR count). The van der Waals surface area contributed by atoms with Crippen LogP contribution in [0.25, 0.3) is 0 Å². The average Bonchev–Trinajstić information content (AvgIpc) is 2.84. The largest absolute Gasteiger partial charge is 0.508 e. The van der Waals surface area contributed by atoms with Gasteiger partial charge in [-0.1, -0.05) is 6.07 Å². The molecule has 0 aliphatic rings. The molecular formula is C14H17N3O2. The minimum atomic E-state index is -0.0522. The van der Waals surface area contributed by atoms with E-state index in [-0.39, 0.29) is 11.7 Å². The van der Waals surface area contributed by atoms with Crippen molar-refractivity contribution in [3.8, 4) is 5.75 Å². The quantitative estimate of drug-likeness (QED) is 0.787. The van der Waals surface area contributed by atoms with Crippen LogP contribution in [0.4, 0.5) is 5.69 Å². The summed E-state index contributed by atoms with van der Waals surface area (Å²) >= 11 is 0. The summed E-state index contributed by atoms with van der Waals surface area (Å²) in [6, 6.07) is 10.5. The van der Waals surface area contributed by atoms with Crippen molar-refractivity contribution >= 4 is 11.6 Å². The SMILES string of the molecule is CN(C)C(=O)c1ccc(CNc2cccc(O)c2)[nH]1. The predicted molar refractivity (Wildman–Crippen MR) is 74.2 cm³/mol. The van der Waals surface area contributed by atoms with E-state index in [1.54, 1.807) is 38.4 Å². The number of carbonyl (C=O) groups is 1. The summed E-state index contributed by atoms with van der Waals surface area (Å²) in [6.45, 7) is 0.560. The van der Waals surface area contributed by atoms with Crippen molar-refractivity contribution in [3.05, 3.63) is 47.8 Å². The number of hydrogen-bond donors (Lipinski definition) is 3. The lowest BCUT2D eigenvalue weighted by Crippen LogP contribution is -2.22. The van der Waals surface area contributed by atoms with Crippen LogP contribution in [0.2, 0.25) is 0 Å². The van der Waals surface area contributed by atoms with E-state index in [1.807, 2.05) is 12.1 Å². The third kappa shape index (κ3) is 3.28. The molecule has 0 spiro atoms. The smallest absolute Gasteiger partial charge is 0.269 e. The van der Waals surface area contributed by atoms with E-state index in [9.17, 15) is 9.90 Å². The number of nitrogens with zero attached hydrogens (tertiary/aromatic N) is 1. The van der Waals surface area contributed by atoms with Crippen LogP contribution in [0.3, 0.4) is 0 Å². The Labute approximate surface area is 111 Å². The van der Waals surface area contributed by atoms with Gasteiger partial charge in [0.1, 0.15) is 11.4 Å². The third-order valence-corrected chi connectivity index (χ3v) is 2.71. The number of benzene rings is 1. The highest BCUT2D eigenvalue weighted by Gasteiger charge is 2.09. The minimum Gasteiger partial charge on any atom is -0.508 e. The Kier molecular flexibility index (Phi) is 3.75. The fourth-order valence-electron chi connectivity index (χ4n) is 1.72. The molecule has 100 valence electrons. The number of phenolic OH excluding ortho intramolecular Hbond substituents is 1. The second-order valence-electron chi connectivity index (χ2n) is 4.50. The summed E-state index contributed by atoms with van der Waals surface area (Å²) in [6.07, 6.45) is 0. The lowest BCUT2D eigenvalue weighted by molar-refractivity contribution is 0.0822. The third-order valence-electron chi connectivity index (χ3n) is 2.71. The molecule has 3 N–H and O–H groups in total. The van der Waals surface area contributed by atoms with Gasteiger partial charge in [0.2, 0.25) is 0 Å². The molecular weight excluding hydrogens is 242 g/mol. The second kappa shape index (κ2) is 5.48. The zero-order chi connectivity index (χ0) is 13.8. The van der Waals surface area contributed by atoms with Crippen LogP contribution in [0.1, 0.15) is 16.2 Å². The highest BCUT2D eigenvalue weighted by molar-refractivity contribution is 5.92. The maximum absolute atomic E-state index is 11.7. The van der Waals surface area contributed by atoms with E-state index in [4.69, 9.17) is 0 Å². The normalized spacial score (nSPS) is 10.2. The molecule has 1 aromatic carbocycles. The molecule has 1 amide bonds. The Bertz CT molecular complexity index is 576. The van der Waals surface area contributed by atoms with Gasteiger partial charge in [-0.25, -0.2) is 0 Å². The number of phenols is 1. The van der Waals surface area contributed by atoms with Gasteiger partial charge in [-0.2, -0.15) is 0 Å². The maximum Gasteiger partial charge on any atom is 0.269 e. The van der Waals surface area contributed by atoms with Crippen molar-refractivity contribution in [1.29, 1.82) is 0 Å². The number of aromatic amines is 1. The summed E-state index contributed by atoms with van der Waals surface area (Å²) in [5.41, 5.74) is 2.31. The number of aromatic nitrogens is 1. The average molecular weight is 259 g/mol. The molecule has 0 aliphatic heterocycles. The van der Waals surface area contributed by atoms with E-state index >= 15 is 0 Å². The van der Waals surface area contributed by atoms with Gasteiger partial charge in [0.25, 0.3) is 5.91 Å². The van der Waals surface area contributed by atoms with Gasteiger partial charge >= 0.3 is 0 Å². The summed E-state index contributed by atoms with van der Waals surface area (Å²) < 4.78 is 0. The van der Waals surface area contributed by atoms with Crippen LogP contribution in [0.15, 0.2) is 36.4 Å².